The van der Waals surface area contributed by atoms with E-state index in [4.69, 9.17) is 4.98 Å². The van der Waals surface area contributed by atoms with Gasteiger partial charge in [-0.15, -0.1) is 11.3 Å². The zero-order valence-electron chi connectivity index (χ0n) is 17.9. The number of para-hydroxylation sites is 1. The lowest BCUT2D eigenvalue weighted by molar-refractivity contribution is 1.10. The molecule has 0 atom stereocenters. The molecule has 32 heavy (non-hydrogen) atoms. The molecule has 2 N–H and O–H groups in total. The van der Waals surface area contributed by atoms with Gasteiger partial charge in [0.1, 0.15) is 16.5 Å². The number of rotatable bonds is 4. The highest BCUT2D eigenvalue weighted by molar-refractivity contribution is 7.21. The van der Waals surface area contributed by atoms with Crippen LogP contribution in [0.15, 0.2) is 72.8 Å². The van der Waals surface area contributed by atoms with Crippen LogP contribution in [0.25, 0.3) is 42.5 Å². The highest BCUT2D eigenvalue weighted by atomic mass is 32.1. The number of H-pyrrole nitrogens is 1. The van der Waals surface area contributed by atoms with Crippen molar-refractivity contribution in [1.29, 1.82) is 0 Å². The number of fused-ring (bicyclic) bond motifs is 4. The maximum absolute atomic E-state index is 4.73. The molecule has 0 fully saturated rings. The van der Waals surface area contributed by atoms with E-state index in [9.17, 15) is 0 Å². The van der Waals surface area contributed by atoms with Crippen LogP contribution < -0.4 is 5.32 Å². The molecule has 0 aliphatic carbocycles. The Morgan fingerprint density at radius 3 is 2.59 bits per heavy atom. The van der Waals surface area contributed by atoms with Gasteiger partial charge in [-0.1, -0.05) is 61.5 Å². The van der Waals surface area contributed by atoms with Gasteiger partial charge in [0.05, 0.1) is 5.39 Å². The molecule has 0 aliphatic rings. The lowest BCUT2D eigenvalue weighted by Gasteiger charge is -2.08. The zero-order valence-corrected chi connectivity index (χ0v) is 18.8. The fraction of sp³-hybridized carbons (Fsp3) is 0.111. The first-order valence-electron chi connectivity index (χ1n) is 10.8. The summed E-state index contributed by atoms with van der Waals surface area (Å²) in [4.78, 5) is 15.2. The average molecular weight is 435 g/mol. The molecule has 6 rings (SSSR count). The van der Waals surface area contributed by atoms with E-state index >= 15 is 0 Å². The molecular formula is C27H22N4S. The van der Waals surface area contributed by atoms with Crippen molar-refractivity contribution < 1.29 is 0 Å². The second-order valence-electron chi connectivity index (χ2n) is 8.02. The lowest BCUT2D eigenvalue weighted by atomic mass is 10.1. The van der Waals surface area contributed by atoms with E-state index in [0.29, 0.717) is 0 Å². The summed E-state index contributed by atoms with van der Waals surface area (Å²) in [7, 11) is 0. The Morgan fingerprint density at radius 1 is 0.875 bits per heavy atom. The van der Waals surface area contributed by atoms with Gasteiger partial charge in [-0.2, -0.15) is 0 Å². The average Bonchev–Trinajstić information content (AvgIpc) is 3.40. The van der Waals surface area contributed by atoms with Crippen LogP contribution in [0.5, 0.6) is 0 Å². The van der Waals surface area contributed by atoms with E-state index < -0.39 is 0 Å². The second kappa shape index (κ2) is 7.46. The van der Waals surface area contributed by atoms with Crippen LogP contribution in [0.2, 0.25) is 0 Å². The van der Waals surface area contributed by atoms with Crippen LogP contribution in [0, 0.1) is 6.92 Å². The first-order chi connectivity index (χ1) is 15.7. The van der Waals surface area contributed by atoms with Crippen molar-refractivity contribution in [3.63, 3.8) is 0 Å². The van der Waals surface area contributed by atoms with Gasteiger partial charge in [0.25, 0.3) is 0 Å². The number of aromatic nitrogens is 3. The molecule has 0 amide bonds. The number of nitrogens with one attached hydrogen (secondary N) is 2. The topological polar surface area (TPSA) is 53.6 Å². The van der Waals surface area contributed by atoms with Crippen molar-refractivity contribution in [2.24, 2.45) is 0 Å². The third kappa shape index (κ3) is 3.13. The van der Waals surface area contributed by atoms with Crippen molar-refractivity contribution in [3.8, 4) is 10.4 Å². The Balaban J connectivity index is 1.44. The molecule has 156 valence electrons. The number of benzene rings is 3. The van der Waals surface area contributed by atoms with Gasteiger partial charge in [-0.3, -0.25) is 0 Å². The van der Waals surface area contributed by atoms with Gasteiger partial charge in [0.2, 0.25) is 0 Å². The summed E-state index contributed by atoms with van der Waals surface area (Å²) in [5, 5.41) is 7.12. The monoisotopic (exact) mass is 434 g/mol. The highest BCUT2D eigenvalue weighted by Gasteiger charge is 2.13. The fourth-order valence-electron chi connectivity index (χ4n) is 4.37. The Hall–Kier alpha value is -3.70. The van der Waals surface area contributed by atoms with E-state index in [1.54, 1.807) is 11.3 Å². The number of hydrogen-bond acceptors (Lipinski definition) is 4. The Labute approximate surface area is 190 Å². The molecule has 5 heteroatoms. The van der Waals surface area contributed by atoms with Crippen molar-refractivity contribution >= 4 is 54.9 Å². The highest BCUT2D eigenvalue weighted by Crippen LogP contribution is 2.37. The van der Waals surface area contributed by atoms with Crippen molar-refractivity contribution in [2.45, 2.75) is 20.3 Å². The summed E-state index contributed by atoms with van der Waals surface area (Å²) in [6.07, 6.45) is 1.01. The van der Waals surface area contributed by atoms with Gasteiger partial charge >= 0.3 is 0 Å². The van der Waals surface area contributed by atoms with E-state index in [0.717, 1.165) is 39.5 Å². The minimum absolute atomic E-state index is 0.765. The van der Waals surface area contributed by atoms with Crippen LogP contribution in [0.3, 0.4) is 0 Å². The molecule has 0 bridgehead atoms. The predicted octanol–water partition coefficient (Wildman–Crippen LogP) is 7.61. The Morgan fingerprint density at radius 2 is 1.75 bits per heavy atom. The zero-order chi connectivity index (χ0) is 21.7. The molecule has 4 nitrogen and oxygen atoms in total. The predicted molar refractivity (Wildman–Crippen MR) is 136 cm³/mol. The summed E-state index contributed by atoms with van der Waals surface area (Å²) < 4.78 is 0. The van der Waals surface area contributed by atoms with Crippen molar-refractivity contribution in [1.82, 2.24) is 15.0 Å². The van der Waals surface area contributed by atoms with E-state index in [1.807, 2.05) is 13.0 Å². The number of thiophene rings is 1. The van der Waals surface area contributed by atoms with Gasteiger partial charge in [-0.25, -0.2) is 9.97 Å². The molecule has 0 unspecified atom stereocenters. The van der Waals surface area contributed by atoms with Gasteiger partial charge in [0.15, 0.2) is 0 Å². The number of anilines is 2. The summed E-state index contributed by atoms with van der Waals surface area (Å²) >= 11 is 1.70. The molecule has 0 spiro atoms. The maximum Gasteiger partial charge on any atom is 0.142 e. The smallest absolute Gasteiger partial charge is 0.142 e. The van der Waals surface area contributed by atoms with Crippen LogP contribution >= 0.6 is 11.3 Å². The SMILES string of the molecule is CCc1cccc2c1[nH]c1cc(Nc3nc(C)nc4sc(-c5ccccc5)cc34)ccc12. The minimum atomic E-state index is 0.765. The number of aryl methyl sites for hydroxylation is 2. The van der Waals surface area contributed by atoms with Crippen LogP contribution in [0.4, 0.5) is 11.5 Å². The molecule has 0 radical (unpaired) electrons. The first-order valence-corrected chi connectivity index (χ1v) is 11.6. The minimum Gasteiger partial charge on any atom is -0.354 e. The maximum atomic E-state index is 4.73. The standard InChI is InChI=1S/C27H22N4S/c1-3-17-10-7-11-21-20-13-12-19(14-23(20)31-25(17)21)30-26-22-15-24(18-8-5-4-6-9-18)32-27(22)29-16(2)28-26/h4-15,31H,3H2,1-2H3,(H,28,29,30). The molecule has 0 saturated heterocycles. The Bertz CT molecular complexity index is 1590. The molecule has 3 aromatic heterocycles. The summed E-state index contributed by atoms with van der Waals surface area (Å²) in [6.45, 7) is 4.14. The van der Waals surface area contributed by atoms with Gasteiger partial charge in [0, 0.05) is 32.4 Å². The normalized spacial score (nSPS) is 11.6. The summed E-state index contributed by atoms with van der Waals surface area (Å²) in [6, 6.07) is 25.6. The first kappa shape index (κ1) is 19.0. The van der Waals surface area contributed by atoms with Crippen LogP contribution in [-0.2, 0) is 6.42 Å². The quantitative estimate of drug-likeness (QED) is 0.300. The lowest BCUT2D eigenvalue weighted by Crippen LogP contribution is -1.97. The molecular weight excluding hydrogens is 412 g/mol. The molecule has 0 saturated carbocycles. The van der Waals surface area contributed by atoms with Gasteiger partial charge < -0.3 is 10.3 Å². The van der Waals surface area contributed by atoms with Gasteiger partial charge in [-0.05, 0) is 42.7 Å². The summed E-state index contributed by atoms with van der Waals surface area (Å²) in [5.74, 6) is 1.61. The van der Waals surface area contributed by atoms with Crippen molar-refractivity contribution in [2.75, 3.05) is 5.32 Å². The number of aromatic amines is 1. The Kier molecular flexibility index (Phi) is 4.44. The third-order valence-electron chi connectivity index (χ3n) is 5.93. The van der Waals surface area contributed by atoms with E-state index in [-0.39, 0.29) is 0 Å². The fourth-order valence-corrected chi connectivity index (χ4v) is 5.45. The number of hydrogen-bond donors (Lipinski definition) is 2. The molecule has 3 heterocycles. The van der Waals surface area contributed by atoms with E-state index in [1.165, 1.54) is 32.3 Å². The van der Waals surface area contributed by atoms with Crippen LogP contribution in [-0.4, -0.2) is 15.0 Å². The number of nitrogens with zero attached hydrogens (tertiary/aromatic N) is 2. The largest absolute Gasteiger partial charge is 0.354 e. The molecule has 6 aromatic rings. The second-order valence-corrected chi connectivity index (χ2v) is 9.05. The third-order valence-corrected chi connectivity index (χ3v) is 7.00. The molecule has 3 aromatic carbocycles. The van der Waals surface area contributed by atoms with Crippen molar-refractivity contribution in [3.05, 3.63) is 84.2 Å². The molecule has 0 aliphatic heterocycles. The van der Waals surface area contributed by atoms with E-state index in [2.05, 4.69) is 88.9 Å². The van der Waals surface area contributed by atoms with Crippen LogP contribution in [0.1, 0.15) is 18.3 Å². The summed E-state index contributed by atoms with van der Waals surface area (Å²) in [5.41, 5.74) is 5.91.